The average Bonchev–Trinajstić information content (AvgIpc) is 0.710. The highest BCUT2D eigenvalue weighted by Crippen LogP contribution is 2.59. The minimum Gasteiger partial charge on any atom is -0.457 e. The van der Waals surface area contributed by atoms with Gasteiger partial charge < -0.3 is 29.6 Å². The molecule has 0 bridgehead atoms. The lowest BCUT2D eigenvalue weighted by atomic mass is 9.80. The van der Waals surface area contributed by atoms with E-state index in [0.717, 1.165) is 32.1 Å². The second-order valence-electron chi connectivity index (χ2n) is 23.6. The third-order valence-electron chi connectivity index (χ3n) is 17.9. The quantitative estimate of drug-likeness (QED) is 0.0425. The number of hydrogen-bond acceptors (Lipinski definition) is 12. The zero-order valence-electron chi connectivity index (χ0n) is 52.6. The highest BCUT2D eigenvalue weighted by Gasteiger charge is 2.47. The Morgan fingerprint density at radius 3 is 0.896 bits per heavy atom. The number of thiophene rings is 2. The number of hydrogen-bond donors (Lipinski definition) is 2. The number of fused-ring (bicyclic) bond motifs is 2. The third-order valence-corrected chi connectivity index (χ3v) is 19.4. The zero-order chi connectivity index (χ0) is 65.9. The first-order valence-electron chi connectivity index (χ1n) is 31.9. The molecule has 14 nitrogen and oxygen atoms in total. The molecule has 0 spiro atoms. The number of carbonyl (C=O) groups is 6. The molecule has 472 valence electrons. The van der Waals surface area contributed by atoms with Crippen molar-refractivity contribution in [3.05, 3.63) is 273 Å². The second-order valence-corrected chi connectivity index (χ2v) is 25.5. The molecule has 0 saturated heterocycles. The van der Waals surface area contributed by atoms with Crippen LogP contribution in [0.4, 0.5) is 10.0 Å². The fourth-order valence-electron chi connectivity index (χ4n) is 13.3. The van der Waals surface area contributed by atoms with Crippen molar-refractivity contribution in [1.29, 1.82) is 0 Å². The number of benzene rings is 11. The summed E-state index contributed by atoms with van der Waals surface area (Å²) in [5, 5.41) is 12.9. The van der Waals surface area contributed by atoms with E-state index in [0.29, 0.717) is 102 Å². The summed E-state index contributed by atoms with van der Waals surface area (Å²) in [6.45, 7) is 8.13. The van der Waals surface area contributed by atoms with Gasteiger partial charge in [0.1, 0.15) is 58.1 Å². The van der Waals surface area contributed by atoms with E-state index in [1.54, 1.807) is 109 Å². The van der Waals surface area contributed by atoms with E-state index in [1.165, 1.54) is 22.7 Å². The molecule has 2 unspecified atom stereocenters. The summed E-state index contributed by atoms with van der Waals surface area (Å²) in [6.07, 6.45) is 2.62. The van der Waals surface area contributed by atoms with Crippen LogP contribution in [0.3, 0.4) is 0 Å². The van der Waals surface area contributed by atoms with Gasteiger partial charge in [-0.05, 0) is 167 Å². The van der Waals surface area contributed by atoms with E-state index >= 15 is 28.8 Å². The van der Waals surface area contributed by atoms with Gasteiger partial charge >= 0.3 is 0 Å². The molecule has 16 heteroatoms. The molecule has 4 heterocycles. The predicted octanol–water partition coefficient (Wildman–Crippen LogP) is 19.2. The highest BCUT2D eigenvalue weighted by molar-refractivity contribution is 7.14. The number of carbonyl (C=O) groups excluding carboxylic acids is 6. The Morgan fingerprint density at radius 1 is 0.344 bits per heavy atom. The Bertz CT molecular complexity index is 4730. The topological polar surface area (TPSA) is 170 Å². The number of nitrogens with zero attached hydrogens (tertiary/aromatic N) is 2. The maximum Gasteiger partial charge on any atom is 0.262 e. The standard InChI is InChI=1S/C80H60N4O10S2/c1-5-45-21-15-29-51(37-45)91-59-41-55-65-56(78(88)83(77(55)87)73(49-25-11-9-12-26-49)75(85)81-63-33-19-35-95-63)43-61(93-53-31-17-23-47(7-3)39-53)69-70-62(94-54-32-18-24-48(8-4)40-54)44-58-66-57(42-60(68(72(66)70)67(59)71(65)69)92-52-30-16-22-46(6-2)38-52)79(89)84(80(58)90)74(50-27-13-10-14-28-50)76(86)82-64-34-20-36-96-64/h9-44,73-74H,5-8H2,1-4H3,(H,81,85)(H,82,86). The van der Waals surface area contributed by atoms with E-state index in [-0.39, 0.29) is 56.0 Å². The van der Waals surface area contributed by atoms with E-state index < -0.39 is 47.5 Å². The molecule has 0 saturated carbocycles. The molecule has 2 aliphatic rings. The lowest BCUT2D eigenvalue weighted by molar-refractivity contribution is -0.120. The van der Waals surface area contributed by atoms with Crippen molar-refractivity contribution in [2.45, 2.75) is 65.5 Å². The fraction of sp³-hybridized carbons (Fsp3) is 0.125. The highest BCUT2D eigenvalue weighted by atomic mass is 32.1. The van der Waals surface area contributed by atoms with E-state index in [1.807, 2.05) is 136 Å². The number of amides is 6. The Kier molecular flexibility index (Phi) is 15.9. The van der Waals surface area contributed by atoms with Gasteiger partial charge in [0.2, 0.25) is 0 Å². The monoisotopic (exact) mass is 1300 g/mol. The number of rotatable bonds is 20. The number of ether oxygens (including phenoxy) is 4. The molecular weight excluding hydrogens is 1240 g/mol. The van der Waals surface area contributed by atoms with Gasteiger partial charge in [-0.3, -0.25) is 38.6 Å². The number of nitrogens with one attached hydrogen (secondary N) is 2. The number of aryl methyl sites for hydroxylation is 4. The fourth-order valence-corrected chi connectivity index (χ4v) is 14.6. The van der Waals surface area contributed by atoms with Crippen LogP contribution < -0.4 is 29.6 Å². The van der Waals surface area contributed by atoms with Gasteiger partial charge in [-0.25, -0.2) is 0 Å². The molecule has 11 aromatic carbocycles. The normalized spacial score (nSPS) is 13.4. The first kappa shape index (κ1) is 60.8. The lowest BCUT2D eigenvalue weighted by Gasteiger charge is -2.36. The molecule has 2 aromatic heterocycles. The smallest absolute Gasteiger partial charge is 0.262 e. The van der Waals surface area contributed by atoms with Crippen LogP contribution in [0.1, 0.15) is 115 Å². The summed E-state index contributed by atoms with van der Waals surface area (Å²) < 4.78 is 29.2. The Labute approximate surface area is 560 Å². The molecular formula is C80H60N4O10S2. The first-order chi connectivity index (χ1) is 46.9. The van der Waals surface area contributed by atoms with Gasteiger partial charge in [0.15, 0.2) is 0 Å². The molecule has 15 rings (SSSR count). The average molecular weight is 1300 g/mol. The lowest BCUT2D eigenvalue weighted by Crippen LogP contribution is -2.47. The summed E-state index contributed by atoms with van der Waals surface area (Å²) in [5.41, 5.74) is 4.63. The summed E-state index contributed by atoms with van der Waals surface area (Å²) in [4.78, 5) is 97.9. The second kappa shape index (κ2) is 25.1. The predicted molar refractivity (Wildman–Crippen MR) is 376 cm³/mol. The SMILES string of the molecule is CCc1cccc(Oc2cc3c4c(cc(Oc5cccc(CC)c5)c5c6c(Oc7cccc(CC)c7)cc7c8c(cc(Oc9cccc(CC)c9)c(c2c45)c86)C(=O)N(C(C(=O)Nc2cccs2)c2ccccc2)C7=O)C(=O)N(C(C(=O)Nc2cccs2)c2ccccc2)C3=O)c1. The van der Waals surface area contributed by atoms with Crippen LogP contribution in [0.5, 0.6) is 46.0 Å². The summed E-state index contributed by atoms with van der Waals surface area (Å²) >= 11 is 2.59. The maximum atomic E-state index is 16.4. The molecule has 2 aliphatic heterocycles. The minimum atomic E-state index is -1.49. The van der Waals surface area contributed by atoms with Crippen molar-refractivity contribution in [3.63, 3.8) is 0 Å². The summed E-state index contributed by atoms with van der Waals surface area (Å²) in [7, 11) is 0. The summed E-state index contributed by atoms with van der Waals surface area (Å²) in [6, 6.07) is 58.3. The van der Waals surface area contributed by atoms with Gasteiger partial charge in [0.25, 0.3) is 35.4 Å². The van der Waals surface area contributed by atoms with Gasteiger partial charge in [-0.15, -0.1) is 22.7 Å². The van der Waals surface area contributed by atoms with Gasteiger partial charge in [0, 0.05) is 43.1 Å². The molecule has 13 aromatic rings. The number of imide groups is 2. The minimum absolute atomic E-state index is 0.0229. The Hall–Kier alpha value is -11.5. The van der Waals surface area contributed by atoms with Crippen molar-refractivity contribution in [2.75, 3.05) is 10.6 Å². The van der Waals surface area contributed by atoms with Gasteiger partial charge in [-0.1, -0.05) is 137 Å². The van der Waals surface area contributed by atoms with Crippen molar-refractivity contribution >= 4 is 111 Å². The molecule has 6 amide bonds. The van der Waals surface area contributed by atoms with Crippen molar-refractivity contribution in [1.82, 2.24) is 9.80 Å². The Morgan fingerprint density at radius 2 is 0.635 bits per heavy atom. The molecule has 0 radical (unpaired) electrons. The van der Waals surface area contributed by atoms with Crippen LogP contribution in [-0.2, 0) is 35.3 Å². The maximum absolute atomic E-state index is 16.4. The van der Waals surface area contributed by atoms with E-state index in [4.69, 9.17) is 18.9 Å². The third kappa shape index (κ3) is 10.7. The van der Waals surface area contributed by atoms with E-state index in [9.17, 15) is 0 Å². The van der Waals surface area contributed by atoms with Crippen molar-refractivity contribution in [2.24, 2.45) is 0 Å². The number of anilines is 2. The van der Waals surface area contributed by atoms with Crippen LogP contribution in [0, 0.1) is 0 Å². The van der Waals surface area contributed by atoms with Crippen LogP contribution in [-0.4, -0.2) is 45.2 Å². The van der Waals surface area contributed by atoms with Crippen LogP contribution >= 0.6 is 22.7 Å². The summed E-state index contributed by atoms with van der Waals surface area (Å²) in [5.74, 6) is -2.35. The van der Waals surface area contributed by atoms with E-state index in [2.05, 4.69) is 10.6 Å². The molecule has 2 N–H and O–H groups in total. The molecule has 2 atom stereocenters. The zero-order valence-corrected chi connectivity index (χ0v) is 54.2. The van der Waals surface area contributed by atoms with Gasteiger partial charge in [0.05, 0.1) is 32.3 Å². The largest absolute Gasteiger partial charge is 0.457 e. The Balaban J connectivity index is 1.12. The van der Waals surface area contributed by atoms with Crippen LogP contribution in [0.15, 0.2) is 217 Å². The molecule has 96 heavy (non-hydrogen) atoms. The van der Waals surface area contributed by atoms with Crippen molar-refractivity contribution in [3.8, 4) is 46.0 Å². The van der Waals surface area contributed by atoms with Crippen LogP contribution in [0.2, 0.25) is 0 Å². The van der Waals surface area contributed by atoms with Crippen molar-refractivity contribution < 1.29 is 47.7 Å². The van der Waals surface area contributed by atoms with Crippen LogP contribution in [0.25, 0.3) is 43.1 Å². The molecule has 0 aliphatic carbocycles. The molecule has 0 fully saturated rings. The van der Waals surface area contributed by atoms with Gasteiger partial charge in [-0.2, -0.15) is 0 Å². The first-order valence-corrected chi connectivity index (χ1v) is 33.6.